The van der Waals surface area contributed by atoms with E-state index in [1.807, 2.05) is 42.6 Å². The fourth-order valence-corrected chi connectivity index (χ4v) is 10.9. The third-order valence-electron chi connectivity index (χ3n) is 8.30. The van der Waals surface area contributed by atoms with Gasteiger partial charge in [0.05, 0.1) is 30.7 Å². The SMILES string of the molecule is CC1(C)CC(=O)C(=Cc2cc3sc4c(sc5c4c4cccc6ccc7c8ccccc8n5c7c64)c3s2)C(=O)C1. The summed E-state index contributed by atoms with van der Waals surface area (Å²) in [4.78, 5) is 27.9. The van der Waals surface area contributed by atoms with E-state index in [0.29, 0.717) is 18.4 Å². The van der Waals surface area contributed by atoms with Crippen molar-refractivity contribution in [2.45, 2.75) is 26.7 Å². The first-order valence-electron chi connectivity index (χ1n) is 13.1. The number of benzene rings is 3. The van der Waals surface area contributed by atoms with Gasteiger partial charge in [-0.3, -0.25) is 14.0 Å². The molecule has 0 saturated heterocycles. The minimum absolute atomic E-state index is 0.0286. The van der Waals surface area contributed by atoms with Crippen LogP contribution < -0.4 is 0 Å². The molecule has 6 heteroatoms. The average Bonchev–Trinajstić information content (AvgIpc) is 3.63. The molecule has 8 aromatic rings. The Morgan fingerprint density at radius 2 is 1.56 bits per heavy atom. The number of aromatic nitrogens is 1. The monoisotopic (exact) mass is 559 g/mol. The van der Waals surface area contributed by atoms with Crippen molar-refractivity contribution >= 4 is 119 Å². The van der Waals surface area contributed by atoms with Gasteiger partial charge in [0, 0.05) is 44.0 Å². The van der Waals surface area contributed by atoms with Crippen LogP contribution in [0.25, 0.3) is 73.1 Å². The molecule has 0 atom stereocenters. The molecule has 1 aliphatic rings. The van der Waals surface area contributed by atoms with Crippen molar-refractivity contribution in [1.29, 1.82) is 0 Å². The van der Waals surface area contributed by atoms with Gasteiger partial charge < -0.3 is 0 Å². The van der Waals surface area contributed by atoms with Gasteiger partial charge in [0.15, 0.2) is 11.6 Å². The predicted molar refractivity (Wildman–Crippen MR) is 168 cm³/mol. The van der Waals surface area contributed by atoms with Crippen LogP contribution in [0.15, 0.2) is 66.2 Å². The Bertz CT molecular complexity index is 2380. The fraction of sp³-hybridized carbons (Fsp3) is 0.152. The molecule has 5 aromatic heterocycles. The van der Waals surface area contributed by atoms with Crippen molar-refractivity contribution < 1.29 is 9.59 Å². The molecule has 1 fully saturated rings. The van der Waals surface area contributed by atoms with Crippen molar-refractivity contribution in [3.05, 3.63) is 71.1 Å². The summed E-state index contributed by atoms with van der Waals surface area (Å²) in [6.45, 7) is 3.99. The van der Waals surface area contributed by atoms with Crippen LogP contribution in [-0.2, 0) is 9.59 Å². The van der Waals surface area contributed by atoms with Gasteiger partial charge in [-0.25, -0.2) is 0 Å². The molecule has 0 radical (unpaired) electrons. The topological polar surface area (TPSA) is 38.5 Å². The Labute approximate surface area is 234 Å². The summed E-state index contributed by atoms with van der Waals surface area (Å²) in [6.07, 6.45) is 2.70. The second-order valence-electron chi connectivity index (χ2n) is 11.5. The van der Waals surface area contributed by atoms with Crippen molar-refractivity contribution in [1.82, 2.24) is 4.40 Å². The zero-order valence-electron chi connectivity index (χ0n) is 21.3. The lowest BCUT2D eigenvalue weighted by atomic mass is 9.74. The number of nitrogens with zero attached hydrogens (tertiary/aromatic N) is 1. The van der Waals surface area contributed by atoms with Gasteiger partial charge in [-0.15, -0.1) is 34.0 Å². The lowest BCUT2D eigenvalue weighted by Crippen LogP contribution is -2.31. The predicted octanol–water partition coefficient (Wildman–Crippen LogP) is 9.82. The van der Waals surface area contributed by atoms with Gasteiger partial charge in [-0.2, -0.15) is 0 Å². The summed E-state index contributed by atoms with van der Waals surface area (Å²) in [7, 11) is 0. The average molecular weight is 560 g/mol. The number of fused-ring (bicyclic) bond motifs is 10. The molecule has 3 nitrogen and oxygen atoms in total. The highest BCUT2D eigenvalue weighted by Gasteiger charge is 2.35. The van der Waals surface area contributed by atoms with Gasteiger partial charge in [0.2, 0.25) is 0 Å². The van der Waals surface area contributed by atoms with Crippen LogP contribution in [0.2, 0.25) is 0 Å². The summed E-state index contributed by atoms with van der Waals surface area (Å²) < 4.78 is 7.58. The highest BCUT2D eigenvalue weighted by molar-refractivity contribution is 7.41. The molecule has 9 rings (SSSR count). The van der Waals surface area contributed by atoms with Crippen LogP contribution in [0.1, 0.15) is 31.6 Å². The molecule has 0 bridgehead atoms. The van der Waals surface area contributed by atoms with Crippen LogP contribution in [0.4, 0.5) is 0 Å². The summed E-state index contributed by atoms with van der Waals surface area (Å²) in [6, 6.07) is 22.1. The van der Waals surface area contributed by atoms with Crippen LogP contribution >= 0.6 is 34.0 Å². The molecule has 1 saturated carbocycles. The van der Waals surface area contributed by atoms with Gasteiger partial charge in [0.1, 0.15) is 4.83 Å². The van der Waals surface area contributed by atoms with Crippen molar-refractivity contribution in [3.8, 4) is 0 Å². The standard InChI is InChI=1S/C33H21NO2S3/c1-33(2)14-23(35)21(24(36)15-33)12-17-13-25-29(37-17)31-30(38-25)27-20-8-5-6-16-10-11-19-18-7-3-4-9-22(18)34(32(27)39-31)28(19)26(16)20/h3-13H,14-15H2,1-2H3. The van der Waals surface area contributed by atoms with Crippen LogP contribution in [0.3, 0.4) is 0 Å². The maximum Gasteiger partial charge on any atom is 0.167 e. The number of para-hydroxylation sites is 1. The van der Waals surface area contributed by atoms with E-state index in [0.717, 1.165) is 4.88 Å². The van der Waals surface area contributed by atoms with E-state index in [1.165, 1.54) is 67.0 Å². The van der Waals surface area contributed by atoms with Crippen LogP contribution in [0, 0.1) is 5.41 Å². The maximum absolute atomic E-state index is 12.8. The van der Waals surface area contributed by atoms with E-state index in [4.69, 9.17) is 0 Å². The molecule has 0 N–H and O–H groups in total. The summed E-state index contributed by atoms with van der Waals surface area (Å²) in [5, 5.41) is 7.83. The number of ketones is 2. The third kappa shape index (κ3) is 2.86. The molecule has 0 aliphatic heterocycles. The first-order valence-corrected chi connectivity index (χ1v) is 15.6. The number of hydrogen-bond acceptors (Lipinski definition) is 5. The van der Waals surface area contributed by atoms with Gasteiger partial charge in [-0.05, 0) is 34.4 Å². The highest BCUT2D eigenvalue weighted by atomic mass is 32.1. The van der Waals surface area contributed by atoms with Gasteiger partial charge in [0.25, 0.3) is 0 Å². The van der Waals surface area contributed by atoms with E-state index >= 15 is 0 Å². The Kier molecular flexibility index (Phi) is 4.18. The van der Waals surface area contributed by atoms with Crippen molar-refractivity contribution in [3.63, 3.8) is 0 Å². The molecule has 3 aromatic carbocycles. The molecular weight excluding hydrogens is 539 g/mol. The number of pyridine rings is 1. The minimum atomic E-state index is -0.252. The molecule has 5 heterocycles. The number of Topliss-reactive ketones (excluding diaryl/α,β-unsaturated/α-hetero) is 2. The van der Waals surface area contributed by atoms with E-state index in [-0.39, 0.29) is 17.0 Å². The first-order chi connectivity index (χ1) is 18.9. The zero-order valence-corrected chi connectivity index (χ0v) is 23.7. The highest BCUT2D eigenvalue weighted by Crippen LogP contribution is 2.52. The van der Waals surface area contributed by atoms with Crippen molar-refractivity contribution in [2.75, 3.05) is 0 Å². The fourth-order valence-electron chi connectivity index (χ4n) is 6.68. The zero-order chi connectivity index (χ0) is 26.2. The number of rotatable bonds is 1. The number of hydrogen-bond donors (Lipinski definition) is 0. The number of carbonyl (C=O) groups excluding carboxylic acids is 2. The molecule has 0 spiro atoms. The van der Waals surface area contributed by atoms with Crippen LogP contribution in [0.5, 0.6) is 0 Å². The molecule has 0 unspecified atom stereocenters. The summed E-state index contributed by atoms with van der Waals surface area (Å²) in [5.74, 6) is -0.0572. The normalized spacial score (nSPS) is 16.5. The third-order valence-corrected chi connectivity index (χ3v) is 12.1. The van der Waals surface area contributed by atoms with Gasteiger partial charge in [-0.1, -0.05) is 62.4 Å². The quantitative estimate of drug-likeness (QED) is 0.148. The van der Waals surface area contributed by atoms with E-state index in [1.54, 1.807) is 11.3 Å². The molecule has 188 valence electrons. The maximum atomic E-state index is 12.8. The van der Waals surface area contributed by atoms with E-state index < -0.39 is 0 Å². The van der Waals surface area contributed by atoms with Crippen LogP contribution in [-0.4, -0.2) is 16.0 Å². The largest absolute Gasteiger partial charge is 0.299 e. The van der Waals surface area contributed by atoms with E-state index in [2.05, 4.69) is 65.1 Å². The van der Waals surface area contributed by atoms with Gasteiger partial charge >= 0.3 is 0 Å². The second kappa shape index (κ2) is 7.33. The molecule has 39 heavy (non-hydrogen) atoms. The Hall–Kier alpha value is -3.58. The number of carbonyl (C=O) groups is 2. The Balaban J connectivity index is 1.36. The Morgan fingerprint density at radius 1 is 0.769 bits per heavy atom. The smallest absolute Gasteiger partial charge is 0.167 e. The molecule has 1 aliphatic carbocycles. The Morgan fingerprint density at radius 3 is 2.41 bits per heavy atom. The second-order valence-corrected chi connectivity index (χ2v) is 14.7. The van der Waals surface area contributed by atoms with Crippen molar-refractivity contribution in [2.24, 2.45) is 5.41 Å². The number of allylic oxidation sites excluding steroid dienone is 1. The summed E-state index contributed by atoms with van der Waals surface area (Å²) in [5.41, 5.74) is 2.66. The van der Waals surface area contributed by atoms with E-state index in [9.17, 15) is 9.59 Å². The lowest BCUT2D eigenvalue weighted by Gasteiger charge is -2.28. The minimum Gasteiger partial charge on any atom is -0.299 e. The molecular formula is C33H21NO2S3. The number of thiophene rings is 3. The summed E-state index contributed by atoms with van der Waals surface area (Å²) >= 11 is 5.40. The molecule has 0 amide bonds. The first kappa shape index (κ1) is 22.3. The lowest BCUT2D eigenvalue weighted by molar-refractivity contribution is -0.127.